The number of fused-ring (bicyclic) bond motifs is 6. The van der Waals surface area contributed by atoms with Crippen LogP contribution in [0.15, 0.2) is 85.7 Å². The minimum absolute atomic E-state index is 0.0480. The highest BCUT2D eigenvalue weighted by atomic mass is 35.6. The number of phenolic OH excluding ortho intramolecular Hbond substituents is 4. The van der Waals surface area contributed by atoms with Crippen molar-refractivity contribution in [2.75, 3.05) is 0 Å². The molecule has 15 heteroatoms. The lowest BCUT2D eigenvalue weighted by atomic mass is 9.61. The van der Waals surface area contributed by atoms with Gasteiger partial charge in [-0.25, -0.2) is 0 Å². The number of halogens is 3. The largest absolute Gasteiger partial charge is 0.507 e. The Morgan fingerprint density at radius 3 is 1.43 bits per heavy atom. The van der Waals surface area contributed by atoms with Crippen molar-refractivity contribution in [3.05, 3.63) is 118 Å². The van der Waals surface area contributed by atoms with Crippen LogP contribution >= 0.6 is 34.8 Å². The molecule has 306 valence electrons. The molecule has 1 atom stereocenters. The van der Waals surface area contributed by atoms with Gasteiger partial charge in [0.1, 0.15) is 74.0 Å². The van der Waals surface area contributed by atoms with Crippen molar-refractivity contribution in [2.45, 2.75) is 56.2 Å². The van der Waals surface area contributed by atoms with Crippen molar-refractivity contribution >= 4 is 96.4 Å². The molecule has 4 heterocycles. The molecule has 2 aliphatic rings. The molecule has 60 heavy (non-hydrogen) atoms. The topological polar surface area (TPSA) is 198 Å². The number of hydrogen-bond donors (Lipinski definition) is 4. The van der Waals surface area contributed by atoms with E-state index in [4.69, 9.17) is 52.8 Å². The number of hydrogen-bond acceptors (Lipinski definition) is 12. The van der Waals surface area contributed by atoms with Crippen LogP contribution in [0.1, 0.15) is 111 Å². The van der Waals surface area contributed by atoms with Crippen LogP contribution < -0.4 is 4.74 Å². The van der Waals surface area contributed by atoms with Gasteiger partial charge < -0.3 is 38.4 Å². The van der Waals surface area contributed by atoms with Gasteiger partial charge in [0.25, 0.3) is 0 Å². The summed E-state index contributed by atoms with van der Waals surface area (Å²) in [5.74, 6) is -1.58. The van der Waals surface area contributed by atoms with E-state index >= 15 is 0 Å². The van der Waals surface area contributed by atoms with Crippen LogP contribution in [0, 0.1) is 0 Å². The van der Waals surface area contributed by atoms with Crippen molar-refractivity contribution in [2.24, 2.45) is 0 Å². The first-order chi connectivity index (χ1) is 28.4. The Morgan fingerprint density at radius 1 is 0.583 bits per heavy atom. The monoisotopic (exact) mass is 870 g/mol. The van der Waals surface area contributed by atoms with Crippen molar-refractivity contribution in [3.8, 4) is 28.7 Å². The fourth-order valence-electron chi connectivity index (χ4n) is 8.38. The number of phenols is 4. The maximum Gasteiger partial charge on any atom is 0.180 e. The molecule has 0 fully saturated rings. The lowest BCUT2D eigenvalue weighted by Crippen LogP contribution is -2.37. The van der Waals surface area contributed by atoms with Crippen molar-refractivity contribution < 1.29 is 57.6 Å². The van der Waals surface area contributed by atoms with E-state index in [0.717, 1.165) is 0 Å². The van der Waals surface area contributed by atoms with Gasteiger partial charge in [-0.15, -0.1) is 0 Å². The third-order valence-electron chi connectivity index (χ3n) is 11.1. The summed E-state index contributed by atoms with van der Waals surface area (Å²) in [6.45, 7) is 5.38. The number of furan rings is 3. The highest BCUT2D eigenvalue weighted by Crippen LogP contribution is 2.63. The number of Topliss-reactive ketones (excluding diaryl/α,β-unsaturated/α-hetero) is 4. The Kier molecular flexibility index (Phi) is 10.0. The Labute approximate surface area is 355 Å². The number of ketones is 4. The summed E-state index contributed by atoms with van der Waals surface area (Å²) in [6, 6.07) is 17.0. The zero-order valence-electron chi connectivity index (χ0n) is 32.1. The molecule has 0 bridgehead atoms. The number of rotatable bonds is 7. The third-order valence-corrected chi connectivity index (χ3v) is 11.1. The SMILES string of the molecule is CC(=O)c1cc2c(cc1O)OC1=C(c3cc4cc(C(C)=O)c(O)cc4o3)CCC(c3cc4cc(C(C)=O)c(O)cc4o3)(c3cc4cc(C(C)=O)c(O)cc4o3)[C@@H]12.ClC(Cl)Cl. The first-order valence-electron chi connectivity index (χ1n) is 18.4. The number of allylic oxidation sites excluding steroid dienone is 2. The average molecular weight is 872 g/mol. The number of carbonyl (C=O) groups excluding carboxylic acids is 4. The van der Waals surface area contributed by atoms with Crippen LogP contribution in [0.3, 0.4) is 0 Å². The summed E-state index contributed by atoms with van der Waals surface area (Å²) in [5, 5.41) is 44.7. The van der Waals surface area contributed by atoms with Crippen molar-refractivity contribution in [1.29, 1.82) is 0 Å². The molecule has 9 rings (SSSR count). The molecular weight excluding hydrogens is 839 g/mol. The van der Waals surface area contributed by atoms with Gasteiger partial charge in [-0.3, -0.25) is 19.2 Å². The Hall–Kier alpha value is -6.21. The predicted octanol–water partition coefficient (Wildman–Crippen LogP) is 11.2. The van der Waals surface area contributed by atoms with Crippen LogP contribution in [0.4, 0.5) is 0 Å². The highest BCUT2D eigenvalue weighted by molar-refractivity contribution is 6.63. The van der Waals surface area contributed by atoms with E-state index in [1.807, 2.05) is 0 Å². The lowest BCUT2D eigenvalue weighted by molar-refractivity contribution is 0.100. The summed E-state index contributed by atoms with van der Waals surface area (Å²) in [4.78, 5) is 50.0. The van der Waals surface area contributed by atoms with Crippen molar-refractivity contribution in [1.82, 2.24) is 0 Å². The minimum Gasteiger partial charge on any atom is -0.507 e. The zero-order chi connectivity index (χ0) is 43.1. The van der Waals surface area contributed by atoms with Gasteiger partial charge in [0.2, 0.25) is 0 Å². The fraction of sp³-hybridized carbons (Fsp3) is 0.200. The maximum absolute atomic E-state index is 12.9. The molecule has 4 N–H and O–H groups in total. The second kappa shape index (κ2) is 14.8. The Balaban J connectivity index is 0.00000120. The summed E-state index contributed by atoms with van der Waals surface area (Å²) in [6.07, 6.45) is 0.506. The number of ether oxygens (including phenoxy) is 1. The summed E-state index contributed by atoms with van der Waals surface area (Å²) in [7, 11) is 0. The lowest BCUT2D eigenvalue weighted by Gasteiger charge is -2.39. The molecule has 1 aliphatic carbocycles. The molecule has 0 radical (unpaired) electrons. The normalized spacial score (nSPS) is 15.5. The Bertz CT molecular complexity index is 2930. The van der Waals surface area contributed by atoms with Crippen LogP contribution in [-0.4, -0.2) is 47.9 Å². The second-order valence-electron chi connectivity index (χ2n) is 14.8. The van der Waals surface area contributed by atoms with Crippen LogP contribution in [0.25, 0.3) is 38.5 Å². The van der Waals surface area contributed by atoms with Gasteiger partial charge in [0, 0.05) is 51.6 Å². The predicted molar refractivity (Wildman–Crippen MR) is 223 cm³/mol. The molecular formula is C45H33Cl3O12. The number of alkyl halides is 3. The van der Waals surface area contributed by atoms with E-state index in [-0.39, 0.29) is 92.4 Å². The molecule has 0 saturated heterocycles. The molecule has 7 aromatic rings. The van der Waals surface area contributed by atoms with E-state index in [1.165, 1.54) is 52.0 Å². The molecule has 4 aromatic carbocycles. The van der Waals surface area contributed by atoms with Gasteiger partial charge in [0.05, 0.1) is 28.2 Å². The molecule has 12 nitrogen and oxygen atoms in total. The van der Waals surface area contributed by atoms with E-state index in [9.17, 15) is 39.6 Å². The number of aromatic hydroxyl groups is 4. The van der Waals surface area contributed by atoms with E-state index < -0.39 is 21.4 Å². The van der Waals surface area contributed by atoms with Gasteiger partial charge in [-0.2, -0.15) is 0 Å². The van der Waals surface area contributed by atoms with Crippen LogP contribution in [0.2, 0.25) is 0 Å². The van der Waals surface area contributed by atoms with E-state index in [2.05, 4.69) is 0 Å². The van der Waals surface area contributed by atoms with E-state index in [0.29, 0.717) is 55.9 Å². The maximum atomic E-state index is 12.9. The molecule has 0 amide bonds. The fourth-order valence-corrected chi connectivity index (χ4v) is 8.38. The average Bonchev–Trinajstić information content (AvgIpc) is 3.95. The molecule has 0 unspecified atom stereocenters. The summed E-state index contributed by atoms with van der Waals surface area (Å²) in [5.41, 5.74) is 1.07. The third kappa shape index (κ3) is 6.65. The zero-order valence-corrected chi connectivity index (χ0v) is 34.4. The summed E-state index contributed by atoms with van der Waals surface area (Å²) >= 11 is 14.4. The van der Waals surface area contributed by atoms with Crippen molar-refractivity contribution in [3.63, 3.8) is 0 Å². The second-order valence-corrected chi connectivity index (χ2v) is 16.8. The van der Waals surface area contributed by atoms with Gasteiger partial charge in [-0.05, 0) is 83.0 Å². The first kappa shape index (κ1) is 40.6. The summed E-state index contributed by atoms with van der Waals surface area (Å²) < 4.78 is 25.4. The van der Waals surface area contributed by atoms with Crippen LogP contribution in [0.5, 0.6) is 28.7 Å². The molecule has 3 aromatic heterocycles. The van der Waals surface area contributed by atoms with Gasteiger partial charge in [-0.1, -0.05) is 34.8 Å². The molecule has 0 saturated carbocycles. The molecule has 1 aliphatic heterocycles. The number of carbonyl (C=O) groups is 4. The minimum atomic E-state index is -1.31. The van der Waals surface area contributed by atoms with Gasteiger partial charge >= 0.3 is 0 Å². The number of benzene rings is 4. The standard InChI is InChI=1S/C44H32O12.CHCl3/c1-18(45)26-7-22-10-38(53-35(22)14-31(26)49)25-5-6-44(40-11-23-8-27(19(2)46)32(50)15-36(23)54-40,41-12-24-9-28(20(3)47)33(51)16-37(24)55-41)42-30-13-29(21(4)48)34(52)17-39(30)56-43(25)42;2-1(3)4/h7-17,42,49-52H,5-6H2,1-4H3;1H/t42-;/m1./s1. The van der Waals surface area contributed by atoms with Gasteiger partial charge in [0.15, 0.2) is 27.4 Å². The smallest absolute Gasteiger partial charge is 0.180 e. The molecule has 0 spiro atoms. The Morgan fingerprint density at radius 2 is 0.983 bits per heavy atom. The quantitative estimate of drug-likeness (QED) is 0.0874. The van der Waals surface area contributed by atoms with Crippen LogP contribution in [-0.2, 0) is 5.41 Å². The van der Waals surface area contributed by atoms with E-state index in [1.54, 1.807) is 42.5 Å². The highest BCUT2D eigenvalue weighted by Gasteiger charge is 2.57. The first-order valence-corrected chi connectivity index (χ1v) is 19.7.